The Balaban J connectivity index is 1.85. The van der Waals surface area contributed by atoms with Crippen LogP contribution < -0.4 is 5.32 Å². The molecule has 5 heteroatoms. The number of carbonyl (C=O) groups excluding carboxylic acids is 1. The molecule has 1 aromatic heterocycles. The largest absolute Gasteiger partial charge is 0.478 e. The van der Waals surface area contributed by atoms with Crippen molar-refractivity contribution in [3.05, 3.63) is 77.2 Å². The molecule has 0 aliphatic rings. The zero-order valence-corrected chi connectivity index (χ0v) is 13.5. The standard InChI is InChI=1S/C19H15NO3S/c21-16(11-13-7-3-1-4-8-13)20-18-17(19(22)23)15(12-24-18)14-9-5-2-6-10-14/h1-10,12H,11H2,(H,20,21)(H,22,23). The van der Waals surface area contributed by atoms with Crippen molar-refractivity contribution in [1.82, 2.24) is 0 Å². The zero-order valence-electron chi connectivity index (χ0n) is 12.7. The SMILES string of the molecule is O=C(Cc1ccccc1)Nc1scc(-c2ccccc2)c1C(=O)O. The number of carboxylic acid groups (broad SMARTS) is 1. The van der Waals surface area contributed by atoms with E-state index in [1.54, 1.807) is 5.38 Å². The number of rotatable bonds is 5. The molecule has 2 aromatic carbocycles. The molecule has 0 atom stereocenters. The van der Waals surface area contributed by atoms with Crippen LogP contribution in [0.5, 0.6) is 0 Å². The molecule has 24 heavy (non-hydrogen) atoms. The van der Waals surface area contributed by atoms with E-state index in [4.69, 9.17) is 0 Å². The van der Waals surface area contributed by atoms with Crippen LogP contribution in [0.15, 0.2) is 66.0 Å². The summed E-state index contributed by atoms with van der Waals surface area (Å²) in [6.45, 7) is 0. The van der Waals surface area contributed by atoms with Crippen LogP contribution in [0.3, 0.4) is 0 Å². The molecule has 4 nitrogen and oxygen atoms in total. The molecule has 1 amide bonds. The Morgan fingerprint density at radius 3 is 2.21 bits per heavy atom. The van der Waals surface area contributed by atoms with Crippen molar-refractivity contribution in [2.45, 2.75) is 6.42 Å². The Morgan fingerprint density at radius 1 is 0.958 bits per heavy atom. The molecule has 0 fully saturated rings. The summed E-state index contributed by atoms with van der Waals surface area (Å²) in [6, 6.07) is 18.6. The van der Waals surface area contributed by atoms with E-state index in [2.05, 4.69) is 5.32 Å². The lowest BCUT2D eigenvalue weighted by atomic mass is 10.0. The molecule has 120 valence electrons. The second kappa shape index (κ2) is 7.10. The van der Waals surface area contributed by atoms with E-state index in [1.807, 2.05) is 60.7 Å². The second-order valence-electron chi connectivity index (χ2n) is 5.24. The first-order valence-electron chi connectivity index (χ1n) is 7.39. The van der Waals surface area contributed by atoms with E-state index in [9.17, 15) is 14.7 Å². The summed E-state index contributed by atoms with van der Waals surface area (Å²) in [5.41, 5.74) is 2.44. The maximum Gasteiger partial charge on any atom is 0.339 e. The van der Waals surface area contributed by atoms with Gasteiger partial charge in [-0.2, -0.15) is 0 Å². The van der Waals surface area contributed by atoms with Gasteiger partial charge in [0, 0.05) is 10.9 Å². The van der Waals surface area contributed by atoms with Gasteiger partial charge in [-0.05, 0) is 11.1 Å². The molecule has 0 bridgehead atoms. The predicted octanol–water partition coefficient (Wildman–Crippen LogP) is 4.29. The van der Waals surface area contributed by atoms with Gasteiger partial charge in [-0.25, -0.2) is 4.79 Å². The fourth-order valence-electron chi connectivity index (χ4n) is 2.44. The predicted molar refractivity (Wildman–Crippen MR) is 95.5 cm³/mol. The second-order valence-corrected chi connectivity index (χ2v) is 6.11. The molecule has 0 unspecified atom stereocenters. The minimum atomic E-state index is -1.05. The van der Waals surface area contributed by atoms with Crippen molar-refractivity contribution in [2.75, 3.05) is 5.32 Å². The normalized spacial score (nSPS) is 10.3. The molecule has 1 heterocycles. The maximum absolute atomic E-state index is 12.2. The van der Waals surface area contributed by atoms with Crippen molar-refractivity contribution in [3.8, 4) is 11.1 Å². The van der Waals surface area contributed by atoms with Crippen molar-refractivity contribution in [3.63, 3.8) is 0 Å². The van der Waals surface area contributed by atoms with Gasteiger partial charge in [-0.1, -0.05) is 60.7 Å². The minimum absolute atomic E-state index is 0.132. The maximum atomic E-state index is 12.2. The summed E-state index contributed by atoms with van der Waals surface area (Å²) in [5, 5.41) is 14.4. The lowest BCUT2D eigenvalue weighted by Crippen LogP contribution is -2.15. The number of carbonyl (C=O) groups is 2. The Kier molecular flexibility index (Phi) is 4.72. The van der Waals surface area contributed by atoms with Gasteiger partial charge in [0.2, 0.25) is 5.91 Å². The molecule has 3 rings (SSSR count). The van der Waals surface area contributed by atoms with Crippen LogP contribution in [0.2, 0.25) is 0 Å². The molecule has 0 aliphatic heterocycles. The van der Waals surface area contributed by atoms with Gasteiger partial charge in [-0.15, -0.1) is 11.3 Å². The molecule has 0 aliphatic carbocycles. The first kappa shape index (κ1) is 16.0. The number of aromatic carboxylic acids is 1. The zero-order chi connectivity index (χ0) is 16.9. The summed E-state index contributed by atoms with van der Waals surface area (Å²) in [5.74, 6) is -1.28. The highest BCUT2D eigenvalue weighted by Crippen LogP contribution is 2.35. The molecular weight excluding hydrogens is 322 g/mol. The molecular formula is C19H15NO3S. The number of hydrogen-bond donors (Lipinski definition) is 2. The Morgan fingerprint density at radius 2 is 1.58 bits per heavy atom. The number of carboxylic acids is 1. The Hall–Kier alpha value is -2.92. The van der Waals surface area contributed by atoms with Crippen LogP contribution in [-0.2, 0) is 11.2 Å². The number of hydrogen-bond acceptors (Lipinski definition) is 3. The third kappa shape index (κ3) is 3.52. The number of amides is 1. The summed E-state index contributed by atoms with van der Waals surface area (Å²) < 4.78 is 0. The van der Waals surface area contributed by atoms with Gasteiger partial charge in [0.15, 0.2) is 0 Å². The topological polar surface area (TPSA) is 66.4 Å². The summed E-state index contributed by atoms with van der Waals surface area (Å²) >= 11 is 1.23. The number of nitrogens with one attached hydrogen (secondary N) is 1. The van der Waals surface area contributed by atoms with Gasteiger partial charge < -0.3 is 10.4 Å². The molecule has 0 radical (unpaired) electrons. The van der Waals surface area contributed by atoms with Gasteiger partial charge >= 0.3 is 5.97 Å². The van der Waals surface area contributed by atoms with Gasteiger partial charge in [-0.3, -0.25) is 4.79 Å². The van der Waals surface area contributed by atoms with Gasteiger partial charge in [0.25, 0.3) is 0 Å². The highest BCUT2D eigenvalue weighted by Gasteiger charge is 2.20. The monoisotopic (exact) mass is 337 g/mol. The first-order valence-corrected chi connectivity index (χ1v) is 8.27. The quantitative estimate of drug-likeness (QED) is 0.730. The van der Waals surface area contributed by atoms with Crippen LogP contribution in [0.4, 0.5) is 5.00 Å². The fourth-order valence-corrected chi connectivity index (χ4v) is 3.42. The van der Waals surface area contributed by atoms with Crippen LogP contribution in [0.1, 0.15) is 15.9 Å². The summed E-state index contributed by atoms with van der Waals surface area (Å²) in [7, 11) is 0. The Bertz CT molecular complexity index is 857. The number of anilines is 1. The Labute approximate surface area is 143 Å². The highest BCUT2D eigenvalue weighted by molar-refractivity contribution is 7.15. The number of thiophene rings is 1. The van der Waals surface area contributed by atoms with Crippen molar-refractivity contribution < 1.29 is 14.7 Å². The number of benzene rings is 2. The third-order valence-corrected chi connectivity index (χ3v) is 4.45. The lowest BCUT2D eigenvalue weighted by Gasteiger charge is -2.06. The summed E-state index contributed by atoms with van der Waals surface area (Å²) in [4.78, 5) is 23.9. The smallest absolute Gasteiger partial charge is 0.339 e. The minimum Gasteiger partial charge on any atom is -0.478 e. The molecule has 0 saturated carbocycles. The molecule has 2 N–H and O–H groups in total. The average molecular weight is 337 g/mol. The third-order valence-electron chi connectivity index (χ3n) is 3.55. The molecule has 0 saturated heterocycles. The van der Waals surface area contributed by atoms with Crippen LogP contribution in [-0.4, -0.2) is 17.0 Å². The van der Waals surface area contributed by atoms with E-state index in [1.165, 1.54) is 11.3 Å². The fraction of sp³-hybridized carbons (Fsp3) is 0.0526. The first-order chi connectivity index (χ1) is 11.6. The van der Waals surface area contributed by atoms with Crippen molar-refractivity contribution in [2.24, 2.45) is 0 Å². The van der Waals surface area contributed by atoms with E-state index < -0.39 is 5.97 Å². The van der Waals surface area contributed by atoms with E-state index in [0.29, 0.717) is 10.6 Å². The van der Waals surface area contributed by atoms with E-state index >= 15 is 0 Å². The van der Waals surface area contributed by atoms with E-state index in [0.717, 1.165) is 11.1 Å². The lowest BCUT2D eigenvalue weighted by molar-refractivity contribution is -0.115. The van der Waals surface area contributed by atoms with Crippen LogP contribution >= 0.6 is 11.3 Å². The van der Waals surface area contributed by atoms with Crippen molar-refractivity contribution in [1.29, 1.82) is 0 Å². The molecule has 0 spiro atoms. The van der Waals surface area contributed by atoms with Crippen LogP contribution in [0, 0.1) is 0 Å². The van der Waals surface area contributed by atoms with E-state index in [-0.39, 0.29) is 17.9 Å². The van der Waals surface area contributed by atoms with Gasteiger partial charge in [0.1, 0.15) is 10.6 Å². The average Bonchev–Trinajstić information content (AvgIpc) is 3.00. The van der Waals surface area contributed by atoms with Crippen molar-refractivity contribution >= 4 is 28.2 Å². The summed E-state index contributed by atoms with van der Waals surface area (Å²) in [6.07, 6.45) is 0.207. The van der Waals surface area contributed by atoms with Crippen LogP contribution in [0.25, 0.3) is 11.1 Å². The van der Waals surface area contributed by atoms with Gasteiger partial charge in [0.05, 0.1) is 6.42 Å². The highest BCUT2D eigenvalue weighted by atomic mass is 32.1. The molecule has 3 aromatic rings.